The monoisotopic (exact) mass is 453 g/mol. The molecule has 3 aromatic rings. The predicted octanol–water partition coefficient (Wildman–Crippen LogP) is 2.64. The Hall–Kier alpha value is -3.04. The Bertz CT molecular complexity index is 1210. The lowest BCUT2D eigenvalue weighted by Gasteiger charge is -2.21. The Balaban J connectivity index is 1.46. The lowest BCUT2D eigenvalue weighted by Crippen LogP contribution is -2.34. The maximum Gasteiger partial charge on any atom is 0.255 e. The van der Waals surface area contributed by atoms with Gasteiger partial charge < -0.3 is 5.32 Å². The summed E-state index contributed by atoms with van der Waals surface area (Å²) < 4.78 is 28.9. The number of nitrogens with one attached hydrogen (secondary N) is 1. The number of nitrogens with zero attached hydrogens (tertiary/aromatic N) is 4. The van der Waals surface area contributed by atoms with E-state index >= 15 is 0 Å². The van der Waals surface area contributed by atoms with Crippen LogP contribution in [0.5, 0.6) is 0 Å². The van der Waals surface area contributed by atoms with Gasteiger partial charge in [-0.3, -0.25) is 14.3 Å². The molecule has 1 atom stereocenters. The van der Waals surface area contributed by atoms with Crippen molar-refractivity contribution in [3.63, 3.8) is 0 Å². The quantitative estimate of drug-likeness (QED) is 0.616. The summed E-state index contributed by atoms with van der Waals surface area (Å²) in [4.78, 5) is 21.1. The Morgan fingerprint density at radius 1 is 1.06 bits per heavy atom. The summed E-state index contributed by atoms with van der Waals surface area (Å²) in [5, 5.41) is 3.38. The third-order valence-electron chi connectivity index (χ3n) is 5.72. The van der Waals surface area contributed by atoms with Crippen LogP contribution in [-0.2, 0) is 22.8 Å². The second kappa shape index (κ2) is 9.62. The second-order valence-electron chi connectivity index (χ2n) is 8.01. The largest absolute Gasteiger partial charge is 0.353 e. The molecule has 1 N–H and O–H groups in total. The van der Waals surface area contributed by atoms with Crippen molar-refractivity contribution in [1.82, 2.24) is 18.8 Å². The van der Waals surface area contributed by atoms with Gasteiger partial charge in [-0.05, 0) is 37.0 Å². The fourth-order valence-corrected chi connectivity index (χ4v) is 5.48. The van der Waals surface area contributed by atoms with Crippen LogP contribution >= 0.6 is 0 Å². The zero-order valence-electron chi connectivity index (χ0n) is 18.0. The van der Waals surface area contributed by atoms with Crippen LogP contribution in [0.25, 0.3) is 11.3 Å². The van der Waals surface area contributed by atoms with Gasteiger partial charge in [0.2, 0.25) is 16.0 Å². The summed E-state index contributed by atoms with van der Waals surface area (Å²) in [6.07, 6.45) is 5.51. The summed E-state index contributed by atoms with van der Waals surface area (Å²) in [6.45, 7) is 0.932. The van der Waals surface area contributed by atoms with Gasteiger partial charge in [-0.15, -0.1) is 0 Å². The summed E-state index contributed by atoms with van der Waals surface area (Å²) in [5.74, 6) is 0.491. The van der Waals surface area contributed by atoms with Crippen LogP contribution in [0.15, 0.2) is 65.7 Å². The van der Waals surface area contributed by atoms with Gasteiger partial charge in [-0.1, -0.05) is 30.3 Å². The van der Waals surface area contributed by atoms with Crippen LogP contribution < -0.4 is 10.9 Å². The van der Waals surface area contributed by atoms with E-state index in [4.69, 9.17) is 0 Å². The van der Waals surface area contributed by atoms with Crippen molar-refractivity contribution in [2.24, 2.45) is 7.05 Å². The lowest BCUT2D eigenvalue weighted by molar-refractivity contribution is 0.422. The van der Waals surface area contributed by atoms with Crippen molar-refractivity contribution in [2.45, 2.75) is 31.1 Å². The number of benzene rings is 1. The molecule has 8 nitrogen and oxygen atoms in total. The first-order valence-corrected chi connectivity index (χ1v) is 12.3. The van der Waals surface area contributed by atoms with Crippen molar-refractivity contribution >= 4 is 16.0 Å². The fourth-order valence-electron chi connectivity index (χ4n) is 3.89. The van der Waals surface area contributed by atoms with Gasteiger partial charge in [0.1, 0.15) is 0 Å². The molecule has 0 aliphatic carbocycles. The summed E-state index contributed by atoms with van der Waals surface area (Å²) in [6, 6.07) is 14.4. The maximum atomic E-state index is 12.9. The summed E-state index contributed by atoms with van der Waals surface area (Å²) in [7, 11) is -1.70. The third kappa shape index (κ3) is 5.23. The maximum absolute atomic E-state index is 12.9. The minimum absolute atomic E-state index is 0.00989. The van der Waals surface area contributed by atoms with Gasteiger partial charge in [0, 0.05) is 50.2 Å². The molecule has 0 spiro atoms. The molecule has 1 aromatic carbocycles. The molecular weight excluding hydrogens is 426 g/mol. The number of anilines is 1. The number of aromatic nitrogens is 3. The highest BCUT2D eigenvalue weighted by Gasteiger charge is 2.26. The highest BCUT2D eigenvalue weighted by atomic mass is 32.2. The minimum Gasteiger partial charge on any atom is -0.353 e. The Morgan fingerprint density at radius 3 is 2.56 bits per heavy atom. The molecule has 9 heteroatoms. The molecule has 1 aliphatic rings. The molecule has 0 amide bonds. The average molecular weight is 454 g/mol. The van der Waals surface area contributed by atoms with E-state index in [-0.39, 0.29) is 17.4 Å². The van der Waals surface area contributed by atoms with Crippen LogP contribution in [0.1, 0.15) is 24.8 Å². The standard InChI is InChI=1S/C23H27N5O3S/c1-27-22(29)16-21(19-9-12-24-13-10-19)26-23(27)25-20-8-5-14-28(15-11-20)32(30,31)17-18-6-3-2-4-7-18/h2-4,6-7,9-10,12-13,16,20H,5,8,11,14-15,17H2,1H3,(H,25,26). The second-order valence-corrected chi connectivity index (χ2v) is 9.98. The number of pyridine rings is 1. The van der Waals surface area contributed by atoms with Gasteiger partial charge in [-0.2, -0.15) is 0 Å². The van der Waals surface area contributed by atoms with Crippen LogP contribution in [0, 0.1) is 0 Å². The molecule has 1 saturated heterocycles. The zero-order valence-corrected chi connectivity index (χ0v) is 18.8. The molecule has 0 radical (unpaired) electrons. The molecule has 1 unspecified atom stereocenters. The number of hydrogen-bond acceptors (Lipinski definition) is 6. The fraction of sp³-hybridized carbons (Fsp3) is 0.348. The van der Waals surface area contributed by atoms with Crippen molar-refractivity contribution in [3.05, 3.63) is 76.8 Å². The first-order valence-electron chi connectivity index (χ1n) is 10.7. The van der Waals surface area contributed by atoms with Gasteiger partial charge >= 0.3 is 0 Å². The molecule has 3 heterocycles. The van der Waals surface area contributed by atoms with Crippen molar-refractivity contribution in [1.29, 1.82) is 0 Å². The molecule has 0 bridgehead atoms. The summed E-state index contributed by atoms with van der Waals surface area (Å²) >= 11 is 0. The van der Waals surface area contributed by atoms with Gasteiger partial charge in [0.15, 0.2) is 0 Å². The van der Waals surface area contributed by atoms with Crippen LogP contribution in [0.4, 0.5) is 5.95 Å². The molecule has 2 aromatic heterocycles. The number of sulfonamides is 1. The third-order valence-corrected chi connectivity index (χ3v) is 7.57. The number of hydrogen-bond donors (Lipinski definition) is 1. The SMILES string of the molecule is Cn1c(NC2CCCN(S(=O)(=O)Cc3ccccc3)CC2)nc(-c2ccncc2)cc1=O. The van der Waals surface area contributed by atoms with Gasteiger partial charge in [0.05, 0.1) is 11.4 Å². The van der Waals surface area contributed by atoms with Crippen LogP contribution in [0.2, 0.25) is 0 Å². The molecule has 1 fully saturated rings. The number of rotatable bonds is 6. The molecule has 4 rings (SSSR count). The average Bonchev–Trinajstić information content (AvgIpc) is 3.04. The van der Waals surface area contributed by atoms with E-state index in [2.05, 4.69) is 15.3 Å². The van der Waals surface area contributed by atoms with E-state index < -0.39 is 10.0 Å². The van der Waals surface area contributed by atoms with E-state index in [1.54, 1.807) is 23.7 Å². The van der Waals surface area contributed by atoms with Crippen LogP contribution in [-0.4, -0.2) is 46.4 Å². The van der Waals surface area contributed by atoms with E-state index in [9.17, 15) is 13.2 Å². The summed E-state index contributed by atoms with van der Waals surface area (Å²) in [5.41, 5.74) is 2.03. The Labute approximate surface area is 188 Å². The van der Waals surface area contributed by atoms with Crippen molar-refractivity contribution < 1.29 is 8.42 Å². The van der Waals surface area contributed by atoms with E-state index in [0.717, 1.165) is 24.0 Å². The van der Waals surface area contributed by atoms with Crippen molar-refractivity contribution in [3.8, 4) is 11.3 Å². The Morgan fingerprint density at radius 2 is 1.81 bits per heavy atom. The Kier molecular flexibility index (Phi) is 6.66. The van der Waals surface area contributed by atoms with Crippen molar-refractivity contribution in [2.75, 3.05) is 18.4 Å². The van der Waals surface area contributed by atoms with Gasteiger partial charge in [0.25, 0.3) is 5.56 Å². The zero-order chi connectivity index (χ0) is 22.6. The predicted molar refractivity (Wildman–Crippen MR) is 125 cm³/mol. The molecular formula is C23H27N5O3S. The molecule has 0 saturated carbocycles. The van der Waals surface area contributed by atoms with Gasteiger partial charge in [-0.25, -0.2) is 17.7 Å². The van der Waals surface area contributed by atoms with Crippen LogP contribution in [0.3, 0.4) is 0 Å². The lowest BCUT2D eigenvalue weighted by atomic mass is 10.1. The van der Waals surface area contributed by atoms with E-state index in [1.807, 2.05) is 42.5 Å². The highest BCUT2D eigenvalue weighted by Crippen LogP contribution is 2.21. The normalized spacial score (nSPS) is 17.6. The van der Waals surface area contributed by atoms with E-state index in [1.165, 1.54) is 10.6 Å². The first-order chi connectivity index (χ1) is 15.4. The first kappa shape index (κ1) is 22.2. The highest BCUT2D eigenvalue weighted by molar-refractivity contribution is 7.88. The molecule has 168 valence electrons. The topological polar surface area (TPSA) is 97.2 Å². The molecule has 1 aliphatic heterocycles. The van der Waals surface area contributed by atoms with E-state index in [0.29, 0.717) is 31.2 Å². The molecule has 32 heavy (non-hydrogen) atoms. The minimum atomic E-state index is -3.38. The smallest absolute Gasteiger partial charge is 0.255 e.